The zero-order valence-corrected chi connectivity index (χ0v) is 14.5. The van der Waals surface area contributed by atoms with Crippen molar-refractivity contribution in [3.63, 3.8) is 0 Å². The smallest absolute Gasteiger partial charge is 0.227 e. The van der Waals surface area contributed by atoms with Gasteiger partial charge in [0.25, 0.3) is 0 Å². The van der Waals surface area contributed by atoms with Gasteiger partial charge in [0.1, 0.15) is 11.6 Å². The molecule has 1 heterocycles. The Hall–Kier alpha value is -2.56. The highest BCUT2D eigenvalue weighted by molar-refractivity contribution is 5.79. The van der Waals surface area contributed by atoms with E-state index in [1.165, 1.54) is 12.1 Å². The van der Waals surface area contributed by atoms with Crippen molar-refractivity contribution in [2.24, 2.45) is 0 Å². The van der Waals surface area contributed by atoms with Gasteiger partial charge in [0, 0.05) is 31.9 Å². The van der Waals surface area contributed by atoms with Gasteiger partial charge in [-0.1, -0.05) is 12.1 Å². The van der Waals surface area contributed by atoms with Crippen LogP contribution in [0.3, 0.4) is 0 Å². The molecule has 0 aliphatic carbocycles. The first-order valence-corrected chi connectivity index (χ1v) is 8.65. The SMILES string of the molecule is CCOc1ccc(CC(=O)N2CCN(c3ccc(F)cc3)CC2)cc1. The van der Waals surface area contributed by atoms with Crippen molar-refractivity contribution >= 4 is 11.6 Å². The maximum absolute atomic E-state index is 13.0. The molecule has 2 aromatic rings. The number of carbonyl (C=O) groups excluding carboxylic acids is 1. The molecular weight excluding hydrogens is 319 g/mol. The van der Waals surface area contributed by atoms with E-state index < -0.39 is 0 Å². The lowest BCUT2D eigenvalue weighted by Gasteiger charge is -2.36. The number of carbonyl (C=O) groups is 1. The van der Waals surface area contributed by atoms with E-state index in [2.05, 4.69) is 4.90 Å². The van der Waals surface area contributed by atoms with E-state index in [-0.39, 0.29) is 11.7 Å². The van der Waals surface area contributed by atoms with Crippen LogP contribution in [-0.4, -0.2) is 43.6 Å². The first kappa shape index (κ1) is 17.3. The molecule has 0 spiro atoms. The van der Waals surface area contributed by atoms with Crippen molar-refractivity contribution in [1.82, 2.24) is 4.90 Å². The third-order valence-corrected chi connectivity index (χ3v) is 4.41. The zero-order chi connectivity index (χ0) is 17.6. The summed E-state index contributed by atoms with van der Waals surface area (Å²) >= 11 is 0. The quantitative estimate of drug-likeness (QED) is 0.837. The van der Waals surface area contributed by atoms with Crippen LogP contribution < -0.4 is 9.64 Å². The fourth-order valence-corrected chi connectivity index (χ4v) is 3.02. The summed E-state index contributed by atoms with van der Waals surface area (Å²) in [5, 5.41) is 0. The lowest BCUT2D eigenvalue weighted by molar-refractivity contribution is -0.130. The fourth-order valence-electron chi connectivity index (χ4n) is 3.02. The highest BCUT2D eigenvalue weighted by atomic mass is 19.1. The second-order valence-electron chi connectivity index (χ2n) is 6.10. The topological polar surface area (TPSA) is 32.8 Å². The molecule has 0 N–H and O–H groups in total. The normalized spacial score (nSPS) is 14.5. The number of hydrogen-bond acceptors (Lipinski definition) is 3. The highest BCUT2D eigenvalue weighted by Gasteiger charge is 2.21. The number of rotatable bonds is 5. The summed E-state index contributed by atoms with van der Waals surface area (Å²) in [6.07, 6.45) is 0.406. The first-order valence-electron chi connectivity index (χ1n) is 8.65. The molecule has 1 aliphatic rings. The second kappa shape index (κ2) is 8.01. The fraction of sp³-hybridized carbons (Fsp3) is 0.350. The molecular formula is C20H23FN2O2. The van der Waals surface area contributed by atoms with Gasteiger partial charge in [-0.05, 0) is 48.9 Å². The van der Waals surface area contributed by atoms with Crippen LogP contribution in [0.2, 0.25) is 0 Å². The highest BCUT2D eigenvalue weighted by Crippen LogP contribution is 2.18. The van der Waals surface area contributed by atoms with Gasteiger partial charge in [0.2, 0.25) is 5.91 Å². The summed E-state index contributed by atoms with van der Waals surface area (Å²) in [5.74, 6) is 0.738. The van der Waals surface area contributed by atoms with Gasteiger partial charge in [-0.3, -0.25) is 4.79 Å². The van der Waals surface area contributed by atoms with E-state index in [4.69, 9.17) is 4.74 Å². The number of nitrogens with zero attached hydrogens (tertiary/aromatic N) is 2. The van der Waals surface area contributed by atoms with Gasteiger partial charge >= 0.3 is 0 Å². The van der Waals surface area contributed by atoms with Crippen molar-refractivity contribution in [1.29, 1.82) is 0 Å². The van der Waals surface area contributed by atoms with Gasteiger partial charge in [-0.15, -0.1) is 0 Å². The van der Waals surface area contributed by atoms with Crippen molar-refractivity contribution in [2.45, 2.75) is 13.3 Å². The Balaban J connectivity index is 1.51. The molecule has 4 nitrogen and oxygen atoms in total. The minimum absolute atomic E-state index is 0.142. The molecule has 0 radical (unpaired) electrons. The Morgan fingerprint density at radius 2 is 1.64 bits per heavy atom. The molecule has 25 heavy (non-hydrogen) atoms. The van der Waals surface area contributed by atoms with Gasteiger partial charge in [-0.2, -0.15) is 0 Å². The Morgan fingerprint density at radius 1 is 1.00 bits per heavy atom. The van der Waals surface area contributed by atoms with Crippen LogP contribution in [0.4, 0.5) is 10.1 Å². The third kappa shape index (κ3) is 4.50. The summed E-state index contributed by atoms with van der Waals surface area (Å²) in [6.45, 7) is 5.49. The minimum Gasteiger partial charge on any atom is -0.494 e. The van der Waals surface area contributed by atoms with Crippen molar-refractivity contribution in [2.75, 3.05) is 37.7 Å². The third-order valence-electron chi connectivity index (χ3n) is 4.41. The van der Waals surface area contributed by atoms with Crippen LogP contribution in [0.15, 0.2) is 48.5 Å². The molecule has 1 fully saturated rings. The number of benzene rings is 2. The largest absolute Gasteiger partial charge is 0.494 e. The van der Waals surface area contributed by atoms with Crippen LogP contribution in [0.5, 0.6) is 5.75 Å². The van der Waals surface area contributed by atoms with E-state index in [1.807, 2.05) is 36.1 Å². The molecule has 132 valence electrons. The number of anilines is 1. The summed E-state index contributed by atoms with van der Waals surface area (Å²) in [7, 11) is 0. The Kier molecular flexibility index (Phi) is 5.53. The number of piperazine rings is 1. The van der Waals surface area contributed by atoms with Crippen LogP contribution in [-0.2, 0) is 11.2 Å². The molecule has 2 aromatic carbocycles. The van der Waals surface area contributed by atoms with E-state index in [1.54, 1.807) is 12.1 Å². The first-order chi connectivity index (χ1) is 12.2. The number of hydrogen-bond donors (Lipinski definition) is 0. The number of ether oxygens (including phenoxy) is 1. The maximum atomic E-state index is 13.0. The monoisotopic (exact) mass is 342 g/mol. The zero-order valence-electron chi connectivity index (χ0n) is 14.5. The van der Waals surface area contributed by atoms with Gasteiger partial charge in [0.05, 0.1) is 13.0 Å². The van der Waals surface area contributed by atoms with Gasteiger partial charge in [0.15, 0.2) is 0 Å². The molecule has 3 rings (SSSR count). The van der Waals surface area contributed by atoms with Crippen LogP contribution in [0.25, 0.3) is 0 Å². The standard InChI is InChI=1S/C20H23FN2O2/c1-2-25-19-9-3-16(4-10-19)15-20(24)23-13-11-22(12-14-23)18-7-5-17(21)6-8-18/h3-10H,2,11-15H2,1H3. The average Bonchev–Trinajstić information content (AvgIpc) is 2.64. The van der Waals surface area contributed by atoms with Crippen LogP contribution in [0.1, 0.15) is 12.5 Å². The summed E-state index contributed by atoms with van der Waals surface area (Å²) in [5.41, 5.74) is 1.99. The molecule has 0 aromatic heterocycles. The Labute approximate surface area is 147 Å². The van der Waals surface area contributed by atoms with Gasteiger partial charge < -0.3 is 14.5 Å². The molecule has 5 heteroatoms. The Bertz CT molecular complexity index is 693. The molecule has 1 amide bonds. The summed E-state index contributed by atoms with van der Waals surface area (Å²) in [4.78, 5) is 16.6. The molecule has 1 saturated heterocycles. The second-order valence-corrected chi connectivity index (χ2v) is 6.10. The molecule has 0 unspecified atom stereocenters. The maximum Gasteiger partial charge on any atom is 0.227 e. The Morgan fingerprint density at radius 3 is 2.24 bits per heavy atom. The van der Waals surface area contributed by atoms with Crippen molar-refractivity contribution in [3.8, 4) is 5.75 Å². The minimum atomic E-state index is -0.229. The summed E-state index contributed by atoms with van der Waals surface area (Å²) in [6, 6.07) is 14.2. The van der Waals surface area contributed by atoms with E-state index in [0.717, 1.165) is 30.1 Å². The number of halogens is 1. The molecule has 0 saturated carbocycles. The lowest BCUT2D eigenvalue weighted by atomic mass is 10.1. The predicted octanol–water partition coefficient (Wildman–Crippen LogP) is 3.12. The van der Waals surface area contributed by atoms with Crippen LogP contribution in [0, 0.1) is 5.82 Å². The van der Waals surface area contributed by atoms with Gasteiger partial charge in [-0.25, -0.2) is 4.39 Å². The lowest BCUT2D eigenvalue weighted by Crippen LogP contribution is -2.49. The van der Waals surface area contributed by atoms with E-state index in [0.29, 0.717) is 26.1 Å². The molecule has 0 atom stereocenters. The molecule has 1 aliphatic heterocycles. The van der Waals surface area contributed by atoms with Crippen LogP contribution >= 0.6 is 0 Å². The van der Waals surface area contributed by atoms with E-state index >= 15 is 0 Å². The van der Waals surface area contributed by atoms with Crippen molar-refractivity contribution in [3.05, 3.63) is 59.9 Å². The van der Waals surface area contributed by atoms with E-state index in [9.17, 15) is 9.18 Å². The predicted molar refractivity (Wildman–Crippen MR) is 96.5 cm³/mol. The average molecular weight is 342 g/mol. The van der Waals surface area contributed by atoms with Crippen molar-refractivity contribution < 1.29 is 13.9 Å². The molecule has 0 bridgehead atoms. The number of amides is 1. The summed E-state index contributed by atoms with van der Waals surface area (Å²) < 4.78 is 18.4.